The fraction of sp³-hybridized carbons (Fsp3) is 0.833. The molecule has 0 saturated heterocycles. The smallest absolute Gasteiger partial charge is 0.150 e. The molecule has 0 unspecified atom stereocenters. The molecule has 0 aromatic carbocycles. The maximum Gasteiger partial charge on any atom is 0.150 e. The van der Waals surface area contributed by atoms with Crippen LogP contribution in [0.1, 0.15) is 33.0 Å². The summed E-state index contributed by atoms with van der Waals surface area (Å²) in [5, 5.41) is 7.43. The quantitative estimate of drug-likeness (QED) is 0.729. The van der Waals surface area contributed by atoms with Crippen molar-refractivity contribution in [2.24, 2.45) is 5.92 Å². The molecule has 7 heteroatoms. The van der Waals surface area contributed by atoms with Crippen molar-refractivity contribution in [3.05, 3.63) is 12.2 Å². The second kappa shape index (κ2) is 7.59. The van der Waals surface area contributed by atoms with Crippen LogP contribution in [-0.4, -0.2) is 41.2 Å². The molecule has 0 radical (unpaired) electrons. The SMILES string of the molecule is CCS(=O)(=O)CCCn1ncnc1CNCC(C)C. The highest BCUT2D eigenvalue weighted by molar-refractivity contribution is 7.91. The Morgan fingerprint density at radius 1 is 1.42 bits per heavy atom. The van der Waals surface area contributed by atoms with E-state index in [9.17, 15) is 8.42 Å². The number of hydrogen-bond acceptors (Lipinski definition) is 5. The van der Waals surface area contributed by atoms with Crippen LogP contribution in [0.3, 0.4) is 0 Å². The first-order valence-corrected chi connectivity index (χ1v) is 8.54. The summed E-state index contributed by atoms with van der Waals surface area (Å²) in [6.07, 6.45) is 2.09. The molecule has 1 rings (SSSR count). The number of sulfone groups is 1. The third-order valence-electron chi connectivity index (χ3n) is 2.80. The van der Waals surface area contributed by atoms with Crippen molar-refractivity contribution >= 4 is 9.84 Å². The highest BCUT2D eigenvalue weighted by Crippen LogP contribution is 2.00. The minimum atomic E-state index is -2.89. The van der Waals surface area contributed by atoms with E-state index in [0.717, 1.165) is 12.4 Å². The van der Waals surface area contributed by atoms with Gasteiger partial charge in [-0.15, -0.1) is 0 Å². The standard InChI is InChI=1S/C12H24N4O2S/c1-4-19(17,18)7-5-6-16-12(14-10-15-16)9-13-8-11(2)3/h10-11,13H,4-9H2,1-3H3. The van der Waals surface area contributed by atoms with Crippen molar-refractivity contribution in [1.82, 2.24) is 20.1 Å². The van der Waals surface area contributed by atoms with Crippen molar-refractivity contribution in [3.8, 4) is 0 Å². The summed E-state index contributed by atoms with van der Waals surface area (Å²) in [5.41, 5.74) is 0. The van der Waals surface area contributed by atoms with Crippen LogP contribution < -0.4 is 5.32 Å². The highest BCUT2D eigenvalue weighted by Gasteiger charge is 2.09. The molecule has 0 amide bonds. The average Bonchev–Trinajstić information content (AvgIpc) is 2.76. The molecule has 0 aliphatic rings. The van der Waals surface area contributed by atoms with Crippen molar-refractivity contribution in [2.45, 2.75) is 40.3 Å². The number of nitrogens with zero attached hydrogens (tertiary/aromatic N) is 3. The Kier molecular flexibility index (Phi) is 6.44. The molecule has 1 heterocycles. The first-order chi connectivity index (χ1) is 8.94. The lowest BCUT2D eigenvalue weighted by Crippen LogP contribution is -2.22. The minimum Gasteiger partial charge on any atom is -0.310 e. The van der Waals surface area contributed by atoms with Crippen molar-refractivity contribution in [2.75, 3.05) is 18.1 Å². The van der Waals surface area contributed by atoms with Crippen molar-refractivity contribution in [3.63, 3.8) is 0 Å². The van der Waals surface area contributed by atoms with Crippen LogP contribution in [0.15, 0.2) is 6.33 Å². The van der Waals surface area contributed by atoms with Crippen LogP contribution in [0.2, 0.25) is 0 Å². The monoisotopic (exact) mass is 288 g/mol. The molecule has 0 atom stereocenters. The van der Waals surface area contributed by atoms with E-state index in [0.29, 0.717) is 25.4 Å². The molecule has 6 nitrogen and oxygen atoms in total. The van der Waals surface area contributed by atoms with E-state index in [1.54, 1.807) is 11.6 Å². The van der Waals surface area contributed by atoms with E-state index >= 15 is 0 Å². The van der Waals surface area contributed by atoms with Gasteiger partial charge in [0.1, 0.15) is 22.0 Å². The number of nitrogens with one attached hydrogen (secondary N) is 1. The first kappa shape index (κ1) is 16.1. The lowest BCUT2D eigenvalue weighted by Gasteiger charge is -2.09. The summed E-state index contributed by atoms with van der Waals surface area (Å²) in [7, 11) is -2.89. The Morgan fingerprint density at radius 3 is 2.79 bits per heavy atom. The first-order valence-electron chi connectivity index (χ1n) is 6.72. The topological polar surface area (TPSA) is 76.9 Å². The Hall–Kier alpha value is -0.950. The summed E-state index contributed by atoms with van der Waals surface area (Å²) in [6, 6.07) is 0. The molecule has 0 bridgehead atoms. The molecule has 0 aliphatic carbocycles. The molecular formula is C12H24N4O2S. The predicted octanol–water partition coefficient (Wildman–Crippen LogP) is 0.848. The van der Waals surface area contributed by atoms with E-state index in [-0.39, 0.29) is 11.5 Å². The van der Waals surface area contributed by atoms with E-state index < -0.39 is 9.84 Å². The van der Waals surface area contributed by atoms with E-state index in [4.69, 9.17) is 0 Å². The fourth-order valence-corrected chi connectivity index (χ4v) is 2.52. The second-order valence-corrected chi connectivity index (χ2v) is 7.49. The van der Waals surface area contributed by atoms with Gasteiger partial charge in [-0.2, -0.15) is 5.10 Å². The van der Waals surface area contributed by atoms with Crippen molar-refractivity contribution in [1.29, 1.82) is 0 Å². The third kappa shape index (κ3) is 6.15. The summed E-state index contributed by atoms with van der Waals surface area (Å²) in [6.45, 7) is 8.15. The summed E-state index contributed by atoms with van der Waals surface area (Å²) >= 11 is 0. The van der Waals surface area contributed by atoms with Crippen molar-refractivity contribution < 1.29 is 8.42 Å². The van der Waals surface area contributed by atoms with Crippen LogP contribution in [0.4, 0.5) is 0 Å². The van der Waals surface area contributed by atoms with E-state index in [2.05, 4.69) is 29.2 Å². The lowest BCUT2D eigenvalue weighted by atomic mass is 10.2. The molecule has 0 saturated carbocycles. The number of hydrogen-bond donors (Lipinski definition) is 1. The summed E-state index contributed by atoms with van der Waals surface area (Å²) in [5.74, 6) is 1.86. The van der Waals surface area contributed by atoms with Gasteiger partial charge in [0.2, 0.25) is 0 Å². The van der Waals surface area contributed by atoms with Gasteiger partial charge in [-0.1, -0.05) is 20.8 Å². The van der Waals surface area contributed by atoms with Crippen LogP contribution in [0.5, 0.6) is 0 Å². The normalized spacial score (nSPS) is 12.2. The largest absolute Gasteiger partial charge is 0.310 e. The van der Waals surface area contributed by atoms with Gasteiger partial charge in [0, 0.05) is 12.3 Å². The number of aryl methyl sites for hydroxylation is 1. The molecular weight excluding hydrogens is 264 g/mol. The molecule has 0 aliphatic heterocycles. The number of aromatic nitrogens is 3. The Labute approximate surface area is 115 Å². The zero-order chi connectivity index (χ0) is 14.3. The number of rotatable bonds is 9. The summed E-state index contributed by atoms with van der Waals surface area (Å²) in [4.78, 5) is 4.19. The zero-order valence-electron chi connectivity index (χ0n) is 12.0. The maximum atomic E-state index is 11.4. The fourth-order valence-electron chi connectivity index (χ4n) is 1.66. The van der Waals surface area contributed by atoms with Crippen LogP contribution in [0, 0.1) is 5.92 Å². The second-order valence-electron chi connectivity index (χ2n) is 5.01. The van der Waals surface area contributed by atoms with Gasteiger partial charge in [0.25, 0.3) is 0 Å². The summed E-state index contributed by atoms with van der Waals surface area (Å²) < 4.78 is 24.6. The molecule has 0 spiro atoms. The highest BCUT2D eigenvalue weighted by atomic mass is 32.2. The molecule has 1 aromatic rings. The van der Waals surface area contributed by atoms with Gasteiger partial charge in [0.05, 0.1) is 12.3 Å². The molecule has 19 heavy (non-hydrogen) atoms. The van der Waals surface area contributed by atoms with Gasteiger partial charge < -0.3 is 5.32 Å². The Morgan fingerprint density at radius 2 is 2.16 bits per heavy atom. The van der Waals surface area contributed by atoms with Crippen LogP contribution >= 0.6 is 0 Å². The zero-order valence-corrected chi connectivity index (χ0v) is 12.8. The van der Waals surface area contributed by atoms with Gasteiger partial charge >= 0.3 is 0 Å². The van der Waals surface area contributed by atoms with E-state index in [1.165, 1.54) is 6.33 Å². The Bertz CT molecular complexity index is 468. The lowest BCUT2D eigenvalue weighted by molar-refractivity contribution is 0.507. The molecule has 110 valence electrons. The minimum absolute atomic E-state index is 0.202. The van der Waals surface area contributed by atoms with Crippen LogP contribution in [-0.2, 0) is 22.9 Å². The Balaban J connectivity index is 2.40. The predicted molar refractivity (Wildman–Crippen MR) is 75.5 cm³/mol. The molecule has 1 N–H and O–H groups in total. The molecule has 1 aromatic heterocycles. The third-order valence-corrected chi connectivity index (χ3v) is 4.59. The average molecular weight is 288 g/mol. The van der Waals surface area contributed by atoms with Crippen LogP contribution in [0.25, 0.3) is 0 Å². The van der Waals surface area contributed by atoms with Gasteiger partial charge in [-0.25, -0.2) is 18.1 Å². The van der Waals surface area contributed by atoms with E-state index in [1.807, 2.05) is 0 Å². The van der Waals surface area contributed by atoms with Gasteiger partial charge in [0.15, 0.2) is 0 Å². The maximum absolute atomic E-state index is 11.4. The molecule has 0 fully saturated rings. The van der Waals surface area contributed by atoms with Gasteiger partial charge in [-0.05, 0) is 18.9 Å². The van der Waals surface area contributed by atoms with Gasteiger partial charge in [-0.3, -0.25) is 0 Å².